The molecule has 2 aromatic heterocycles. The minimum atomic E-state index is -0.820. The van der Waals surface area contributed by atoms with Crippen LogP contribution in [0.4, 0.5) is 0 Å². The summed E-state index contributed by atoms with van der Waals surface area (Å²) in [7, 11) is 0. The highest BCUT2D eigenvalue weighted by Crippen LogP contribution is 2.10. The Morgan fingerprint density at radius 1 is 1.08 bits per heavy atom. The zero-order valence-corrected chi connectivity index (χ0v) is 13.1. The zero-order chi connectivity index (χ0) is 18.0. The van der Waals surface area contributed by atoms with Crippen molar-refractivity contribution in [3.8, 4) is 11.4 Å². The topological polar surface area (TPSA) is 132 Å². The average Bonchev–Trinajstić information content (AvgIpc) is 3.01. The fourth-order valence-electron chi connectivity index (χ4n) is 2.22. The van der Waals surface area contributed by atoms with Gasteiger partial charge in [0.2, 0.25) is 0 Å². The number of rotatable bonds is 4. The molecule has 0 unspecified atom stereocenters. The normalized spacial score (nSPS) is 10.6. The Morgan fingerprint density at radius 3 is 2.28 bits per heavy atom. The van der Waals surface area contributed by atoms with Crippen LogP contribution < -0.4 is 16.9 Å². The minimum absolute atomic E-state index is 0.103. The van der Waals surface area contributed by atoms with Crippen molar-refractivity contribution in [2.75, 3.05) is 6.61 Å². The highest BCUT2D eigenvalue weighted by molar-refractivity contribution is 5.88. The van der Waals surface area contributed by atoms with Gasteiger partial charge in [0.25, 0.3) is 5.56 Å². The minimum Gasteiger partial charge on any atom is -0.462 e. The number of carbonyl (C=O) groups is 1. The molecule has 0 atom stereocenters. The Balaban J connectivity index is 2.05. The van der Waals surface area contributed by atoms with Crippen LogP contribution in [0.5, 0.6) is 0 Å². The zero-order valence-electron chi connectivity index (χ0n) is 13.1. The summed E-state index contributed by atoms with van der Waals surface area (Å²) in [5, 5.41) is 5.90. The number of nitrogens with zero attached hydrogens (tertiary/aromatic N) is 3. The van der Waals surface area contributed by atoms with Gasteiger partial charge >= 0.3 is 17.3 Å². The molecule has 3 aromatic rings. The number of ether oxygens (including phenoxy) is 1. The molecule has 128 valence electrons. The average molecular weight is 343 g/mol. The van der Waals surface area contributed by atoms with Crippen LogP contribution in [0.2, 0.25) is 0 Å². The van der Waals surface area contributed by atoms with Gasteiger partial charge in [0, 0.05) is 6.20 Å². The van der Waals surface area contributed by atoms with E-state index in [2.05, 4.69) is 15.2 Å². The lowest BCUT2D eigenvalue weighted by molar-refractivity contribution is 0.0523. The largest absolute Gasteiger partial charge is 0.462 e. The maximum Gasteiger partial charge on any atom is 0.347 e. The molecule has 0 aliphatic carbocycles. The van der Waals surface area contributed by atoms with Crippen molar-refractivity contribution in [3.05, 3.63) is 73.7 Å². The van der Waals surface area contributed by atoms with Gasteiger partial charge in [-0.25, -0.2) is 24.0 Å². The third-order valence-electron chi connectivity index (χ3n) is 3.40. The number of hydrogen-bond donors (Lipinski definition) is 2. The predicted molar refractivity (Wildman–Crippen MR) is 86.4 cm³/mol. The standard InChI is InChI=1S/C15H13N5O5/c1-2-25-13(22)11-7-19(14(23)17-12(11)21)9-3-5-10(6-4-9)20-8-16-18-15(20)24/h3-8H,2H2,1H3,(H,18,24)(H,17,21,23). The highest BCUT2D eigenvalue weighted by atomic mass is 16.5. The van der Waals surface area contributed by atoms with Gasteiger partial charge in [0.05, 0.1) is 18.0 Å². The number of esters is 1. The summed E-state index contributed by atoms with van der Waals surface area (Å²) in [6.45, 7) is 1.71. The van der Waals surface area contributed by atoms with Crippen LogP contribution in [0.1, 0.15) is 17.3 Å². The molecule has 10 heteroatoms. The number of carbonyl (C=O) groups excluding carboxylic acids is 1. The van der Waals surface area contributed by atoms with E-state index in [9.17, 15) is 19.2 Å². The van der Waals surface area contributed by atoms with E-state index in [4.69, 9.17) is 4.74 Å². The summed E-state index contributed by atoms with van der Waals surface area (Å²) in [5.41, 5.74) is -1.28. The number of benzene rings is 1. The van der Waals surface area contributed by atoms with Crippen LogP contribution in [-0.2, 0) is 4.74 Å². The molecular weight excluding hydrogens is 330 g/mol. The van der Waals surface area contributed by atoms with Crippen LogP contribution in [0.25, 0.3) is 11.4 Å². The van der Waals surface area contributed by atoms with Gasteiger partial charge in [0.15, 0.2) is 0 Å². The Morgan fingerprint density at radius 2 is 1.72 bits per heavy atom. The predicted octanol–water partition coefficient (Wildman–Crippen LogP) is -0.424. The molecule has 0 amide bonds. The molecule has 0 saturated carbocycles. The lowest BCUT2D eigenvalue weighted by atomic mass is 10.2. The lowest BCUT2D eigenvalue weighted by Crippen LogP contribution is -2.33. The van der Waals surface area contributed by atoms with Gasteiger partial charge in [0.1, 0.15) is 11.9 Å². The monoisotopic (exact) mass is 343 g/mol. The van der Waals surface area contributed by atoms with Crippen LogP contribution in [-0.4, -0.2) is 36.9 Å². The fourth-order valence-corrected chi connectivity index (χ4v) is 2.22. The Hall–Kier alpha value is -3.69. The van der Waals surface area contributed by atoms with E-state index in [1.165, 1.54) is 10.9 Å². The first-order valence-corrected chi connectivity index (χ1v) is 7.27. The second kappa shape index (κ2) is 6.43. The summed E-state index contributed by atoms with van der Waals surface area (Å²) < 4.78 is 7.19. The molecule has 10 nitrogen and oxygen atoms in total. The van der Waals surface area contributed by atoms with Gasteiger partial charge in [-0.2, -0.15) is 5.10 Å². The molecule has 2 N–H and O–H groups in total. The molecule has 0 fully saturated rings. The van der Waals surface area contributed by atoms with Crippen molar-refractivity contribution in [1.82, 2.24) is 24.3 Å². The first-order chi connectivity index (χ1) is 12.0. The van der Waals surface area contributed by atoms with E-state index in [1.54, 1.807) is 31.2 Å². The van der Waals surface area contributed by atoms with Crippen LogP contribution in [0.3, 0.4) is 0 Å². The number of nitrogens with one attached hydrogen (secondary N) is 2. The summed E-state index contributed by atoms with van der Waals surface area (Å²) in [4.78, 5) is 49.2. The van der Waals surface area contributed by atoms with Crippen LogP contribution >= 0.6 is 0 Å². The van der Waals surface area contributed by atoms with Crippen molar-refractivity contribution in [2.24, 2.45) is 0 Å². The summed E-state index contributed by atoms with van der Waals surface area (Å²) in [6, 6.07) is 6.30. The Kier molecular flexibility index (Phi) is 4.16. The van der Waals surface area contributed by atoms with Crippen molar-refractivity contribution in [3.63, 3.8) is 0 Å². The number of H-pyrrole nitrogens is 2. The molecule has 0 spiro atoms. The quantitative estimate of drug-likeness (QED) is 0.618. The molecule has 1 aromatic carbocycles. The SMILES string of the molecule is CCOC(=O)c1cn(-c2ccc(-n3cn[nH]c3=O)cc2)c(=O)[nH]c1=O. The second-order valence-electron chi connectivity index (χ2n) is 4.94. The van der Waals surface area contributed by atoms with Gasteiger partial charge in [-0.15, -0.1) is 0 Å². The first-order valence-electron chi connectivity index (χ1n) is 7.27. The van der Waals surface area contributed by atoms with E-state index in [-0.39, 0.29) is 12.2 Å². The van der Waals surface area contributed by atoms with Crippen molar-refractivity contribution in [2.45, 2.75) is 6.92 Å². The molecule has 0 radical (unpaired) electrons. The smallest absolute Gasteiger partial charge is 0.347 e. The third-order valence-corrected chi connectivity index (χ3v) is 3.40. The Labute approximate surface area is 139 Å². The van der Waals surface area contributed by atoms with E-state index in [0.29, 0.717) is 11.4 Å². The highest BCUT2D eigenvalue weighted by Gasteiger charge is 2.15. The van der Waals surface area contributed by atoms with Crippen molar-refractivity contribution in [1.29, 1.82) is 0 Å². The maximum atomic E-state index is 12.0. The van der Waals surface area contributed by atoms with E-state index in [1.807, 2.05) is 0 Å². The van der Waals surface area contributed by atoms with E-state index < -0.39 is 22.9 Å². The number of aromatic nitrogens is 5. The molecule has 0 bridgehead atoms. The van der Waals surface area contributed by atoms with Crippen LogP contribution in [0.15, 0.2) is 51.2 Å². The van der Waals surface area contributed by atoms with E-state index in [0.717, 1.165) is 10.8 Å². The number of hydrogen-bond acceptors (Lipinski definition) is 6. The van der Waals surface area contributed by atoms with Gasteiger partial charge < -0.3 is 4.74 Å². The molecule has 3 rings (SSSR count). The Bertz CT molecular complexity index is 1090. The van der Waals surface area contributed by atoms with Gasteiger partial charge in [-0.1, -0.05) is 0 Å². The first kappa shape index (κ1) is 16.2. The van der Waals surface area contributed by atoms with Gasteiger partial charge in [-0.3, -0.25) is 14.3 Å². The molecule has 25 heavy (non-hydrogen) atoms. The molecule has 0 aliphatic heterocycles. The third kappa shape index (κ3) is 3.04. The summed E-state index contributed by atoms with van der Waals surface area (Å²) in [5.74, 6) is -0.820. The molecular formula is C15H13N5O5. The molecule has 0 saturated heterocycles. The van der Waals surface area contributed by atoms with Crippen molar-refractivity contribution < 1.29 is 9.53 Å². The van der Waals surface area contributed by atoms with Crippen LogP contribution in [0, 0.1) is 0 Å². The fraction of sp³-hybridized carbons (Fsp3) is 0.133. The summed E-state index contributed by atoms with van der Waals surface area (Å²) >= 11 is 0. The number of aromatic amines is 2. The molecule has 0 aliphatic rings. The molecule has 2 heterocycles. The lowest BCUT2D eigenvalue weighted by Gasteiger charge is -2.08. The maximum absolute atomic E-state index is 12.0. The van der Waals surface area contributed by atoms with E-state index >= 15 is 0 Å². The van der Waals surface area contributed by atoms with Gasteiger partial charge in [-0.05, 0) is 31.2 Å². The summed E-state index contributed by atoms with van der Waals surface area (Å²) in [6.07, 6.45) is 2.44. The second-order valence-corrected chi connectivity index (χ2v) is 4.94. The van der Waals surface area contributed by atoms with Crippen molar-refractivity contribution >= 4 is 5.97 Å².